The van der Waals surface area contributed by atoms with Gasteiger partial charge in [-0.15, -0.1) is 0 Å². The van der Waals surface area contributed by atoms with Gasteiger partial charge >= 0.3 is 5.97 Å². The fraction of sp³-hybridized carbons (Fsp3) is 0.324. The SMILES string of the molecule is CCCC1=C(C(=O)OCC)[C@@H](c2cc(OC)ccc2OC)n2c(sc(=Cc3cc(C)n(-c4ccc5c(c4)OCO5)c3C)c2=O)=N1. The molecule has 0 spiro atoms. The number of thiazole rings is 1. The van der Waals surface area contributed by atoms with Crippen molar-refractivity contribution < 1.29 is 28.5 Å². The van der Waals surface area contributed by atoms with E-state index in [0.29, 0.717) is 49.8 Å². The Labute approximate surface area is 264 Å². The van der Waals surface area contributed by atoms with Gasteiger partial charge in [0.05, 0.1) is 36.6 Å². The number of carbonyl (C=O) groups excluding carboxylic acids is 1. The van der Waals surface area contributed by atoms with Crippen LogP contribution in [0.1, 0.15) is 55.2 Å². The number of benzene rings is 2. The van der Waals surface area contributed by atoms with Crippen molar-refractivity contribution >= 4 is 23.4 Å². The Bertz CT molecular complexity index is 2020. The van der Waals surface area contributed by atoms with Crippen LogP contribution in [0.15, 0.2) is 63.5 Å². The molecule has 10 nitrogen and oxygen atoms in total. The number of rotatable bonds is 9. The summed E-state index contributed by atoms with van der Waals surface area (Å²) in [7, 11) is 3.13. The Morgan fingerprint density at radius 3 is 2.60 bits per heavy atom. The molecule has 2 aromatic heterocycles. The normalized spacial score (nSPS) is 15.6. The van der Waals surface area contributed by atoms with E-state index >= 15 is 0 Å². The summed E-state index contributed by atoms with van der Waals surface area (Å²) in [5, 5.41) is 0. The molecule has 0 saturated heterocycles. The van der Waals surface area contributed by atoms with Crippen LogP contribution >= 0.6 is 11.3 Å². The molecule has 2 aliphatic heterocycles. The lowest BCUT2D eigenvalue weighted by molar-refractivity contribution is -0.139. The lowest BCUT2D eigenvalue weighted by atomic mass is 9.93. The van der Waals surface area contributed by atoms with Crippen LogP contribution in [0.4, 0.5) is 0 Å². The topological polar surface area (TPSA) is 103 Å². The van der Waals surface area contributed by atoms with Gasteiger partial charge in [-0.3, -0.25) is 9.36 Å². The van der Waals surface area contributed by atoms with Crippen LogP contribution < -0.4 is 33.8 Å². The molecule has 4 heterocycles. The lowest BCUT2D eigenvalue weighted by Gasteiger charge is -2.27. The zero-order valence-electron chi connectivity index (χ0n) is 26.1. The number of aromatic nitrogens is 2. The van der Waals surface area contributed by atoms with Crippen molar-refractivity contribution in [3.05, 3.63) is 95.9 Å². The van der Waals surface area contributed by atoms with Gasteiger partial charge in [0, 0.05) is 28.7 Å². The van der Waals surface area contributed by atoms with Gasteiger partial charge in [0.15, 0.2) is 16.3 Å². The van der Waals surface area contributed by atoms with E-state index in [1.807, 2.05) is 51.1 Å². The zero-order chi connectivity index (χ0) is 31.8. The largest absolute Gasteiger partial charge is 0.497 e. The average molecular weight is 630 g/mol. The van der Waals surface area contributed by atoms with E-state index in [9.17, 15) is 9.59 Å². The molecule has 0 radical (unpaired) electrons. The fourth-order valence-corrected chi connectivity index (χ4v) is 6.98. The molecular weight excluding hydrogens is 594 g/mol. The Morgan fingerprint density at radius 1 is 1.07 bits per heavy atom. The smallest absolute Gasteiger partial charge is 0.338 e. The number of methoxy groups -OCH3 is 2. The molecule has 2 aliphatic rings. The first kappa shape index (κ1) is 30.3. The minimum absolute atomic E-state index is 0.188. The van der Waals surface area contributed by atoms with E-state index in [0.717, 1.165) is 34.8 Å². The second-order valence-electron chi connectivity index (χ2n) is 10.7. The molecule has 11 heteroatoms. The van der Waals surface area contributed by atoms with Crippen LogP contribution in [0.3, 0.4) is 0 Å². The van der Waals surface area contributed by atoms with Crippen molar-refractivity contribution in [3.8, 4) is 28.7 Å². The molecule has 1 atom stereocenters. The highest BCUT2D eigenvalue weighted by molar-refractivity contribution is 7.07. The maximum Gasteiger partial charge on any atom is 0.338 e. The number of aryl methyl sites for hydroxylation is 1. The number of hydrogen-bond acceptors (Lipinski definition) is 9. The fourth-order valence-electron chi connectivity index (χ4n) is 5.96. The Kier molecular flexibility index (Phi) is 8.28. The number of esters is 1. The average Bonchev–Trinajstić information content (AvgIpc) is 3.71. The zero-order valence-corrected chi connectivity index (χ0v) is 26.9. The van der Waals surface area contributed by atoms with Crippen LogP contribution in [0, 0.1) is 13.8 Å². The first-order valence-electron chi connectivity index (χ1n) is 14.8. The maximum atomic E-state index is 14.3. The molecule has 0 unspecified atom stereocenters. The van der Waals surface area contributed by atoms with Gasteiger partial charge < -0.3 is 28.3 Å². The quantitative estimate of drug-likeness (QED) is 0.247. The molecule has 0 bridgehead atoms. The van der Waals surface area contributed by atoms with Crippen LogP contribution in [0.5, 0.6) is 23.0 Å². The first-order chi connectivity index (χ1) is 21.8. The highest BCUT2D eigenvalue weighted by atomic mass is 32.1. The summed E-state index contributed by atoms with van der Waals surface area (Å²) in [6, 6.07) is 12.4. The van der Waals surface area contributed by atoms with Gasteiger partial charge in [-0.25, -0.2) is 9.79 Å². The van der Waals surface area contributed by atoms with Crippen molar-refractivity contribution in [1.29, 1.82) is 0 Å². The predicted molar refractivity (Wildman–Crippen MR) is 171 cm³/mol. The Hall–Kier alpha value is -4.77. The van der Waals surface area contributed by atoms with E-state index in [1.54, 1.807) is 43.9 Å². The van der Waals surface area contributed by atoms with E-state index in [-0.39, 0.29) is 19.0 Å². The molecule has 0 fully saturated rings. The molecule has 45 heavy (non-hydrogen) atoms. The highest BCUT2D eigenvalue weighted by Crippen LogP contribution is 2.39. The summed E-state index contributed by atoms with van der Waals surface area (Å²) in [4.78, 5) is 33.3. The minimum Gasteiger partial charge on any atom is -0.497 e. The van der Waals surface area contributed by atoms with E-state index in [1.165, 1.54) is 11.3 Å². The Morgan fingerprint density at radius 2 is 1.87 bits per heavy atom. The monoisotopic (exact) mass is 629 g/mol. The number of carbonyl (C=O) groups is 1. The third-order valence-electron chi connectivity index (χ3n) is 7.99. The predicted octanol–water partition coefficient (Wildman–Crippen LogP) is 4.73. The van der Waals surface area contributed by atoms with E-state index in [4.69, 9.17) is 28.7 Å². The number of ether oxygens (including phenoxy) is 5. The highest BCUT2D eigenvalue weighted by Gasteiger charge is 2.36. The minimum atomic E-state index is -0.824. The van der Waals surface area contributed by atoms with Crippen molar-refractivity contribution in [1.82, 2.24) is 9.13 Å². The second-order valence-corrected chi connectivity index (χ2v) is 11.7. The number of allylic oxidation sites excluding steroid dienone is 1. The summed E-state index contributed by atoms with van der Waals surface area (Å²) < 4.78 is 32.1. The third kappa shape index (κ3) is 5.31. The molecule has 0 aliphatic carbocycles. The van der Waals surface area contributed by atoms with E-state index < -0.39 is 12.0 Å². The van der Waals surface area contributed by atoms with Crippen LogP contribution in [0.25, 0.3) is 11.8 Å². The van der Waals surface area contributed by atoms with Gasteiger partial charge in [-0.05, 0) is 75.2 Å². The summed E-state index contributed by atoms with van der Waals surface area (Å²) >= 11 is 1.30. The van der Waals surface area contributed by atoms with Gasteiger partial charge in [0.2, 0.25) is 6.79 Å². The van der Waals surface area contributed by atoms with Crippen LogP contribution in [-0.2, 0) is 9.53 Å². The van der Waals surface area contributed by atoms with Crippen LogP contribution in [0.2, 0.25) is 0 Å². The maximum absolute atomic E-state index is 14.3. The molecule has 6 rings (SSSR count). The summed E-state index contributed by atoms with van der Waals surface area (Å²) in [6.45, 7) is 8.21. The number of nitrogens with zero attached hydrogens (tertiary/aromatic N) is 3. The number of hydrogen-bond donors (Lipinski definition) is 0. The number of fused-ring (bicyclic) bond motifs is 2. The molecule has 0 amide bonds. The van der Waals surface area contributed by atoms with Crippen molar-refractivity contribution in [2.24, 2.45) is 4.99 Å². The van der Waals surface area contributed by atoms with Crippen molar-refractivity contribution in [2.45, 2.75) is 46.6 Å². The molecule has 234 valence electrons. The molecular formula is C34H35N3O7S. The summed E-state index contributed by atoms with van der Waals surface area (Å²) in [5.41, 5.74) is 5.05. The second kappa shape index (κ2) is 12.3. The van der Waals surface area contributed by atoms with Gasteiger partial charge in [-0.1, -0.05) is 24.7 Å². The first-order valence-corrected chi connectivity index (χ1v) is 15.6. The van der Waals surface area contributed by atoms with Crippen LogP contribution in [-0.4, -0.2) is 42.7 Å². The lowest BCUT2D eigenvalue weighted by Crippen LogP contribution is -2.40. The van der Waals surface area contributed by atoms with Crippen molar-refractivity contribution in [2.75, 3.05) is 27.6 Å². The third-order valence-corrected chi connectivity index (χ3v) is 8.98. The standard InChI is InChI=1S/C34H35N3O7S/c1-7-9-25-30(33(39)42-8-2)31(24-17-23(40-5)11-13-26(24)41-6)37-32(38)29(45-34(37)35-25)15-21-14-19(3)36(20(21)4)22-10-12-27-28(16-22)44-18-43-27/h10-17,31H,7-9,18H2,1-6H3/t31-/m1/s1. The van der Waals surface area contributed by atoms with E-state index in [2.05, 4.69) is 4.57 Å². The molecule has 0 saturated carbocycles. The van der Waals surface area contributed by atoms with Gasteiger partial charge in [0.25, 0.3) is 5.56 Å². The summed E-state index contributed by atoms with van der Waals surface area (Å²) in [6.07, 6.45) is 3.19. The molecule has 4 aromatic rings. The summed E-state index contributed by atoms with van der Waals surface area (Å²) in [5.74, 6) is 1.99. The molecule has 0 N–H and O–H groups in total. The van der Waals surface area contributed by atoms with Gasteiger partial charge in [-0.2, -0.15) is 0 Å². The molecule has 2 aromatic carbocycles. The van der Waals surface area contributed by atoms with Gasteiger partial charge in [0.1, 0.15) is 17.5 Å². The Balaban J connectivity index is 1.55. The van der Waals surface area contributed by atoms with Crippen molar-refractivity contribution in [3.63, 3.8) is 0 Å².